The van der Waals surface area contributed by atoms with E-state index in [0.717, 1.165) is 94.5 Å². The van der Waals surface area contributed by atoms with Gasteiger partial charge in [0.05, 0.1) is 7.11 Å². The highest BCUT2D eigenvalue weighted by atomic mass is 16.5. The molecule has 9 atom stereocenters. The lowest BCUT2D eigenvalue weighted by Gasteiger charge is -2.61. The summed E-state index contributed by atoms with van der Waals surface area (Å²) in [5.74, 6) is 3.86. The molecular formula is C38H71N5O3. The van der Waals surface area contributed by atoms with Gasteiger partial charge in [0.2, 0.25) is 5.91 Å². The zero-order valence-electron chi connectivity index (χ0n) is 30.3. The van der Waals surface area contributed by atoms with Crippen molar-refractivity contribution in [2.24, 2.45) is 57.8 Å². The largest absolute Gasteiger partial charge is 0.467 e. The van der Waals surface area contributed by atoms with E-state index in [2.05, 4.69) is 29.4 Å². The van der Waals surface area contributed by atoms with E-state index in [1.54, 1.807) is 0 Å². The number of methoxy groups -OCH3 is 1. The van der Waals surface area contributed by atoms with E-state index >= 15 is 0 Å². The molecule has 4 fully saturated rings. The highest BCUT2D eigenvalue weighted by Gasteiger charge is 2.59. The number of rotatable bonds is 18. The van der Waals surface area contributed by atoms with Crippen molar-refractivity contribution < 1.29 is 14.3 Å². The summed E-state index contributed by atoms with van der Waals surface area (Å²) >= 11 is 0. The van der Waals surface area contributed by atoms with Crippen molar-refractivity contribution in [3.05, 3.63) is 0 Å². The first-order valence-corrected chi connectivity index (χ1v) is 19.3. The molecule has 0 spiro atoms. The Hall–Kier alpha value is -1.22. The van der Waals surface area contributed by atoms with Crippen molar-refractivity contribution in [3.63, 3.8) is 0 Å². The summed E-state index contributed by atoms with van der Waals surface area (Å²) in [7, 11) is 1.39. The first-order chi connectivity index (χ1) is 22.1. The third kappa shape index (κ3) is 8.87. The molecule has 266 valence electrons. The second kappa shape index (κ2) is 17.4. The topological polar surface area (TPSA) is 123 Å². The van der Waals surface area contributed by atoms with Crippen LogP contribution in [-0.2, 0) is 14.3 Å². The van der Waals surface area contributed by atoms with Gasteiger partial charge in [-0.3, -0.25) is 4.79 Å². The molecule has 6 N–H and O–H groups in total. The second-order valence-corrected chi connectivity index (χ2v) is 16.6. The predicted octanol–water partition coefficient (Wildman–Crippen LogP) is 5.48. The molecule has 0 aromatic heterocycles. The van der Waals surface area contributed by atoms with Crippen molar-refractivity contribution in [2.45, 2.75) is 136 Å². The Labute approximate surface area is 281 Å². The van der Waals surface area contributed by atoms with E-state index in [0.29, 0.717) is 23.3 Å². The number of esters is 1. The molecule has 0 aromatic rings. The third-order valence-electron chi connectivity index (χ3n) is 13.7. The third-order valence-corrected chi connectivity index (χ3v) is 13.7. The molecular weight excluding hydrogens is 574 g/mol. The highest BCUT2D eigenvalue weighted by Crippen LogP contribution is 2.67. The lowest BCUT2D eigenvalue weighted by atomic mass is 9.44. The summed E-state index contributed by atoms with van der Waals surface area (Å²) in [5, 5.41) is 6.92. The number of hydrogen-bond donors (Lipinski definition) is 4. The number of carbonyl (C=O) groups is 2. The minimum absolute atomic E-state index is 0.0177. The van der Waals surface area contributed by atoms with Gasteiger partial charge in [0.15, 0.2) is 0 Å². The molecule has 4 aliphatic carbocycles. The van der Waals surface area contributed by atoms with Crippen LogP contribution in [0.15, 0.2) is 0 Å². The predicted molar refractivity (Wildman–Crippen MR) is 188 cm³/mol. The average Bonchev–Trinajstić information content (AvgIpc) is 3.38. The number of nitrogens with zero attached hydrogens (tertiary/aromatic N) is 1. The van der Waals surface area contributed by atoms with Crippen LogP contribution in [-0.4, -0.2) is 75.2 Å². The summed E-state index contributed by atoms with van der Waals surface area (Å²) in [6.45, 7) is 15.2. The zero-order valence-corrected chi connectivity index (χ0v) is 30.3. The molecule has 0 saturated heterocycles. The average molecular weight is 646 g/mol. The summed E-state index contributed by atoms with van der Waals surface area (Å²) in [6, 6.07) is 0.124. The lowest BCUT2D eigenvalue weighted by molar-refractivity contribution is -0.146. The zero-order chi connectivity index (χ0) is 33.3. The Morgan fingerprint density at radius 1 is 0.870 bits per heavy atom. The summed E-state index contributed by atoms with van der Waals surface area (Å²) < 4.78 is 4.90. The summed E-state index contributed by atoms with van der Waals surface area (Å²) in [4.78, 5) is 27.4. The van der Waals surface area contributed by atoms with Gasteiger partial charge in [-0.1, -0.05) is 27.7 Å². The number of carbonyl (C=O) groups excluding carboxylic acids is 2. The lowest BCUT2D eigenvalue weighted by Crippen LogP contribution is -2.55. The minimum Gasteiger partial charge on any atom is -0.467 e. The van der Waals surface area contributed by atoms with Crippen molar-refractivity contribution in [1.29, 1.82) is 0 Å². The Kier molecular flexibility index (Phi) is 14.3. The molecule has 8 nitrogen and oxygen atoms in total. The van der Waals surface area contributed by atoms with Gasteiger partial charge in [-0.25, -0.2) is 4.79 Å². The van der Waals surface area contributed by atoms with Gasteiger partial charge in [0, 0.05) is 12.5 Å². The molecule has 0 aliphatic heterocycles. The normalized spacial score (nSPS) is 34.5. The Morgan fingerprint density at radius 3 is 2.22 bits per heavy atom. The van der Waals surface area contributed by atoms with Gasteiger partial charge >= 0.3 is 5.97 Å². The van der Waals surface area contributed by atoms with Crippen LogP contribution in [0.25, 0.3) is 0 Å². The number of hydrogen-bond acceptors (Lipinski definition) is 7. The van der Waals surface area contributed by atoms with Crippen LogP contribution in [0.3, 0.4) is 0 Å². The fourth-order valence-electron chi connectivity index (χ4n) is 11.0. The maximum atomic E-state index is 12.7. The smallest absolute Gasteiger partial charge is 0.328 e. The van der Waals surface area contributed by atoms with E-state index in [9.17, 15) is 9.59 Å². The summed E-state index contributed by atoms with van der Waals surface area (Å²) in [5.41, 5.74) is 12.5. The van der Waals surface area contributed by atoms with Crippen molar-refractivity contribution in [1.82, 2.24) is 15.5 Å². The molecule has 4 rings (SSSR count). The van der Waals surface area contributed by atoms with E-state index < -0.39 is 6.04 Å². The molecule has 1 amide bonds. The van der Waals surface area contributed by atoms with Crippen LogP contribution in [0, 0.1) is 46.3 Å². The second-order valence-electron chi connectivity index (χ2n) is 16.6. The van der Waals surface area contributed by atoms with Gasteiger partial charge in [-0.05, 0) is 175 Å². The van der Waals surface area contributed by atoms with Crippen LogP contribution in [0.1, 0.15) is 124 Å². The molecule has 0 radical (unpaired) electrons. The Morgan fingerprint density at radius 2 is 1.54 bits per heavy atom. The van der Waals surface area contributed by atoms with Crippen molar-refractivity contribution in [2.75, 3.05) is 46.4 Å². The van der Waals surface area contributed by atoms with Crippen molar-refractivity contribution >= 4 is 11.9 Å². The molecule has 8 heteroatoms. The fraction of sp³-hybridized carbons (Fsp3) is 0.947. The highest BCUT2D eigenvalue weighted by molar-refractivity contribution is 5.84. The van der Waals surface area contributed by atoms with Crippen LogP contribution in [0.5, 0.6) is 0 Å². The monoisotopic (exact) mass is 646 g/mol. The van der Waals surface area contributed by atoms with E-state index in [-0.39, 0.29) is 17.8 Å². The van der Waals surface area contributed by atoms with Crippen molar-refractivity contribution in [3.8, 4) is 0 Å². The van der Waals surface area contributed by atoms with Gasteiger partial charge in [0.1, 0.15) is 6.04 Å². The molecule has 0 aromatic carbocycles. The summed E-state index contributed by atoms with van der Waals surface area (Å²) in [6.07, 6.45) is 18.3. The molecule has 4 aliphatic rings. The number of fused-ring (bicyclic) bond motifs is 5. The number of nitrogens with two attached hydrogens (primary N) is 2. The quantitative estimate of drug-likeness (QED) is 0.115. The molecule has 4 saturated carbocycles. The minimum atomic E-state index is -0.558. The molecule has 0 heterocycles. The first kappa shape index (κ1) is 37.6. The van der Waals surface area contributed by atoms with E-state index in [4.69, 9.17) is 16.2 Å². The SMILES string of the molecule is COC(=O)C(NC(=O)CCC[C@H]1CCC2C3CCC4CC(NCCCN(CCCN)CCCN)CCC4(C)C3CCC21C)C(C)C. The van der Waals surface area contributed by atoms with Gasteiger partial charge in [-0.2, -0.15) is 0 Å². The molecule has 0 bridgehead atoms. The van der Waals surface area contributed by atoms with Crippen LogP contribution < -0.4 is 22.1 Å². The van der Waals surface area contributed by atoms with Gasteiger partial charge in [0.25, 0.3) is 0 Å². The standard InChI is InChI=1S/C38H71N5O3/c1-27(2)35(36(45)46-5)42-34(44)11-6-10-28-13-15-32-31-14-12-29-26-30(16-18-38(29,4)33(31)17-19-37(28,32)3)41-22-9-25-43(23-7-20-39)24-8-21-40/h27-33,35,41H,6-26,39-40H2,1-5H3,(H,42,44)/t28-,29?,30?,31?,32?,33?,35?,37?,38?/m0/s1. The maximum Gasteiger partial charge on any atom is 0.328 e. The molecule has 8 unspecified atom stereocenters. The van der Waals surface area contributed by atoms with Gasteiger partial charge < -0.3 is 31.7 Å². The number of ether oxygens (including phenoxy) is 1. The van der Waals surface area contributed by atoms with E-state index in [1.807, 2.05) is 13.8 Å². The molecule has 46 heavy (non-hydrogen) atoms. The van der Waals surface area contributed by atoms with Crippen LogP contribution >= 0.6 is 0 Å². The van der Waals surface area contributed by atoms with Crippen LogP contribution in [0.2, 0.25) is 0 Å². The Bertz CT molecular complexity index is 955. The number of amides is 1. The van der Waals surface area contributed by atoms with Crippen LogP contribution in [0.4, 0.5) is 0 Å². The fourth-order valence-corrected chi connectivity index (χ4v) is 11.0. The Balaban J connectivity index is 1.23. The first-order valence-electron chi connectivity index (χ1n) is 19.3. The van der Waals surface area contributed by atoms with Gasteiger partial charge in [-0.15, -0.1) is 0 Å². The van der Waals surface area contributed by atoms with E-state index in [1.165, 1.54) is 71.3 Å². The number of nitrogens with one attached hydrogen (secondary N) is 2. The maximum absolute atomic E-state index is 12.7.